The molecule has 2 N–H and O–H groups in total. The highest BCUT2D eigenvalue weighted by Gasteiger charge is 2.30. The van der Waals surface area contributed by atoms with Gasteiger partial charge >= 0.3 is 0 Å². The van der Waals surface area contributed by atoms with Gasteiger partial charge in [-0.3, -0.25) is 4.90 Å². The molecule has 1 heterocycles. The fourth-order valence-corrected chi connectivity index (χ4v) is 2.17. The summed E-state index contributed by atoms with van der Waals surface area (Å²) in [5.41, 5.74) is 1.19. The van der Waals surface area contributed by atoms with Crippen molar-refractivity contribution in [1.29, 1.82) is 0 Å². The number of likely N-dealkylation sites (N-methyl/N-ethyl adjacent to an activating group) is 1. The van der Waals surface area contributed by atoms with Gasteiger partial charge in [0.05, 0.1) is 6.61 Å². The van der Waals surface area contributed by atoms with E-state index in [0.717, 1.165) is 19.6 Å². The highest BCUT2D eigenvalue weighted by atomic mass is 16.3. The Morgan fingerprint density at radius 2 is 2.36 bits per heavy atom. The molecule has 1 rings (SSSR count). The topological polar surface area (TPSA) is 35.5 Å². The summed E-state index contributed by atoms with van der Waals surface area (Å²) in [6, 6.07) is 0.337. The first-order chi connectivity index (χ1) is 6.69. The Bertz CT molecular complexity index is 194. The summed E-state index contributed by atoms with van der Waals surface area (Å²) in [7, 11) is 1.93. The predicted molar refractivity (Wildman–Crippen MR) is 59.3 cm³/mol. The molecule has 3 nitrogen and oxygen atoms in total. The number of likely N-dealkylation sites (tertiary alicyclic amines) is 1. The first-order valence-electron chi connectivity index (χ1n) is 5.35. The molecular formula is C11H22N2O. The number of hydrogen-bond donors (Lipinski definition) is 2. The summed E-state index contributed by atoms with van der Waals surface area (Å²) >= 11 is 0. The zero-order valence-corrected chi connectivity index (χ0v) is 9.29. The van der Waals surface area contributed by atoms with Crippen LogP contribution in [0.25, 0.3) is 0 Å². The Labute approximate surface area is 86.8 Å². The molecule has 2 atom stereocenters. The predicted octanol–water partition coefficient (Wildman–Crippen LogP) is 0.465. The van der Waals surface area contributed by atoms with Gasteiger partial charge in [-0.05, 0) is 31.5 Å². The van der Waals surface area contributed by atoms with Crippen LogP contribution in [-0.2, 0) is 0 Å². The molecule has 0 aromatic carbocycles. The van der Waals surface area contributed by atoms with E-state index < -0.39 is 0 Å². The summed E-state index contributed by atoms with van der Waals surface area (Å²) in [5.74, 6) is 0.613. The van der Waals surface area contributed by atoms with E-state index in [4.69, 9.17) is 0 Å². The van der Waals surface area contributed by atoms with Crippen LogP contribution in [0.4, 0.5) is 0 Å². The summed E-state index contributed by atoms with van der Waals surface area (Å²) in [6.45, 7) is 9.37. The zero-order valence-electron chi connectivity index (χ0n) is 9.29. The minimum Gasteiger partial charge on any atom is -0.395 e. The van der Waals surface area contributed by atoms with E-state index in [9.17, 15) is 5.11 Å². The van der Waals surface area contributed by atoms with Gasteiger partial charge in [0.25, 0.3) is 0 Å². The quantitative estimate of drug-likeness (QED) is 0.630. The van der Waals surface area contributed by atoms with Gasteiger partial charge in [0.1, 0.15) is 0 Å². The molecule has 0 aromatic rings. The van der Waals surface area contributed by atoms with Crippen molar-refractivity contribution in [1.82, 2.24) is 10.2 Å². The largest absolute Gasteiger partial charge is 0.395 e. The lowest BCUT2D eigenvalue weighted by Gasteiger charge is -2.25. The van der Waals surface area contributed by atoms with E-state index in [0.29, 0.717) is 12.0 Å². The van der Waals surface area contributed by atoms with Crippen LogP contribution in [0.2, 0.25) is 0 Å². The molecule has 0 saturated carbocycles. The van der Waals surface area contributed by atoms with Gasteiger partial charge in [0.15, 0.2) is 0 Å². The average Bonchev–Trinajstić information content (AvgIpc) is 2.47. The first-order valence-corrected chi connectivity index (χ1v) is 5.35. The summed E-state index contributed by atoms with van der Waals surface area (Å²) in [5, 5.41) is 12.4. The second-order valence-electron chi connectivity index (χ2n) is 4.27. The Hall–Kier alpha value is -0.380. The fraction of sp³-hybridized carbons (Fsp3) is 0.818. The minimum atomic E-state index is 0.272. The highest BCUT2D eigenvalue weighted by molar-refractivity contribution is 5.02. The Kier molecular flexibility index (Phi) is 4.58. The molecule has 2 unspecified atom stereocenters. The SMILES string of the molecule is C=C(CNC)CN1CCC(C)C1CO. The van der Waals surface area contributed by atoms with Crippen LogP contribution in [0.5, 0.6) is 0 Å². The first kappa shape index (κ1) is 11.7. The van der Waals surface area contributed by atoms with Crippen LogP contribution in [0.3, 0.4) is 0 Å². The molecule has 1 saturated heterocycles. The zero-order chi connectivity index (χ0) is 10.6. The lowest BCUT2D eigenvalue weighted by atomic mass is 10.0. The molecule has 14 heavy (non-hydrogen) atoms. The van der Waals surface area contributed by atoms with Crippen molar-refractivity contribution in [3.63, 3.8) is 0 Å². The molecule has 0 bridgehead atoms. The number of aliphatic hydroxyl groups is 1. The third-order valence-electron chi connectivity index (χ3n) is 3.04. The van der Waals surface area contributed by atoms with Crippen molar-refractivity contribution in [2.75, 3.05) is 33.3 Å². The van der Waals surface area contributed by atoms with Gasteiger partial charge in [-0.1, -0.05) is 13.5 Å². The molecule has 1 fully saturated rings. The van der Waals surface area contributed by atoms with Crippen LogP contribution in [0, 0.1) is 5.92 Å². The lowest BCUT2D eigenvalue weighted by Crippen LogP contribution is -2.37. The number of nitrogens with zero attached hydrogens (tertiary/aromatic N) is 1. The third-order valence-corrected chi connectivity index (χ3v) is 3.04. The van der Waals surface area contributed by atoms with E-state index in [1.165, 1.54) is 12.0 Å². The summed E-state index contributed by atoms with van der Waals surface area (Å²) in [6.07, 6.45) is 1.19. The van der Waals surface area contributed by atoms with Crippen molar-refractivity contribution in [2.45, 2.75) is 19.4 Å². The average molecular weight is 198 g/mol. The van der Waals surface area contributed by atoms with E-state index in [1.54, 1.807) is 0 Å². The summed E-state index contributed by atoms with van der Waals surface area (Å²) < 4.78 is 0. The van der Waals surface area contributed by atoms with Gasteiger partial charge in [0, 0.05) is 19.1 Å². The highest BCUT2D eigenvalue weighted by Crippen LogP contribution is 2.23. The number of hydrogen-bond acceptors (Lipinski definition) is 3. The van der Waals surface area contributed by atoms with Crippen LogP contribution in [0.15, 0.2) is 12.2 Å². The molecule has 3 heteroatoms. The van der Waals surface area contributed by atoms with E-state index in [-0.39, 0.29) is 6.61 Å². The number of rotatable bonds is 5. The monoisotopic (exact) mass is 198 g/mol. The molecule has 0 spiro atoms. The summed E-state index contributed by atoms with van der Waals surface area (Å²) in [4.78, 5) is 2.34. The standard InChI is InChI=1S/C11H22N2O/c1-9(6-12-3)7-13-5-4-10(2)11(13)8-14/h10-12,14H,1,4-8H2,2-3H3. The van der Waals surface area contributed by atoms with Crippen LogP contribution in [0.1, 0.15) is 13.3 Å². The molecule has 1 aliphatic heterocycles. The molecule has 1 aliphatic rings. The van der Waals surface area contributed by atoms with Gasteiger partial charge in [-0.25, -0.2) is 0 Å². The molecular weight excluding hydrogens is 176 g/mol. The molecule has 0 aromatic heterocycles. The maximum atomic E-state index is 9.26. The lowest BCUT2D eigenvalue weighted by molar-refractivity contribution is 0.147. The maximum Gasteiger partial charge on any atom is 0.0589 e. The van der Waals surface area contributed by atoms with Crippen molar-refractivity contribution < 1.29 is 5.11 Å². The van der Waals surface area contributed by atoms with Crippen molar-refractivity contribution in [3.05, 3.63) is 12.2 Å². The second-order valence-corrected chi connectivity index (χ2v) is 4.27. The van der Waals surface area contributed by atoms with E-state index >= 15 is 0 Å². The smallest absolute Gasteiger partial charge is 0.0589 e. The van der Waals surface area contributed by atoms with Crippen LogP contribution >= 0.6 is 0 Å². The van der Waals surface area contributed by atoms with Crippen molar-refractivity contribution in [2.24, 2.45) is 5.92 Å². The Morgan fingerprint density at radius 1 is 1.64 bits per heavy atom. The molecule has 0 radical (unpaired) electrons. The second kappa shape index (κ2) is 5.49. The third kappa shape index (κ3) is 2.80. The van der Waals surface area contributed by atoms with Gasteiger partial charge in [-0.2, -0.15) is 0 Å². The van der Waals surface area contributed by atoms with Crippen LogP contribution in [-0.4, -0.2) is 49.3 Å². The molecule has 82 valence electrons. The number of nitrogens with one attached hydrogen (secondary N) is 1. The van der Waals surface area contributed by atoms with E-state index in [1.807, 2.05) is 7.05 Å². The fourth-order valence-electron chi connectivity index (χ4n) is 2.17. The Balaban J connectivity index is 2.40. The van der Waals surface area contributed by atoms with Gasteiger partial charge in [-0.15, -0.1) is 0 Å². The van der Waals surface area contributed by atoms with Crippen molar-refractivity contribution in [3.8, 4) is 0 Å². The maximum absolute atomic E-state index is 9.26. The van der Waals surface area contributed by atoms with Crippen molar-refractivity contribution >= 4 is 0 Å². The van der Waals surface area contributed by atoms with E-state index in [2.05, 4.69) is 23.7 Å². The van der Waals surface area contributed by atoms with Gasteiger partial charge in [0.2, 0.25) is 0 Å². The minimum absolute atomic E-state index is 0.272. The van der Waals surface area contributed by atoms with Gasteiger partial charge < -0.3 is 10.4 Å². The normalized spacial score (nSPS) is 28.2. The van der Waals surface area contributed by atoms with Crippen LogP contribution < -0.4 is 5.32 Å². The Morgan fingerprint density at radius 3 is 2.93 bits per heavy atom. The molecule has 0 aliphatic carbocycles. The molecule has 0 amide bonds. The number of aliphatic hydroxyl groups excluding tert-OH is 1.